The van der Waals surface area contributed by atoms with Crippen LogP contribution in [-0.2, 0) is 13.2 Å². The normalized spacial score (nSPS) is 11.2. The summed E-state index contributed by atoms with van der Waals surface area (Å²) < 4.78 is 8.29. The molecule has 1 heterocycles. The number of halogens is 1. The maximum Gasteiger partial charge on any atom is 0.148 e. The van der Waals surface area contributed by atoms with Gasteiger partial charge in [0.2, 0.25) is 0 Å². The van der Waals surface area contributed by atoms with Gasteiger partial charge in [-0.15, -0.1) is 0 Å². The quantitative estimate of drug-likeness (QED) is 0.377. The Kier molecular flexibility index (Phi) is 5.33. The zero-order valence-corrected chi connectivity index (χ0v) is 18.0. The van der Waals surface area contributed by atoms with E-state index in [4.69, 9.17) is 21.3 Å². The molecule has 0 fully saturated rings. The van der Waals surface area contributed by atoms with Crippen LogP contribution in [0.1, 0.15) is 33.6 Å². The highest BCUT2D eigenvalue weighted by molar-refractivity contribution is 6.32. The van der Waals surface area contributed by atoms with Gasteiger partial charge in [-0.2, -0.15) is 0 Å². The number of imidazole rings is 1. The minimum Gasteiger partial charge on any atom is -0.484 e. The first-order valence-corrected chi connectivity index (χ1v) is 10.2. The van der Waals surface area contributed by atoms with Crippen LogP contribution in [0, 0.1) is 27.7 Å². The summed E-state index contributed by atoms with van der Waals surface area (Å²) in [6.45, 7) is 9.90. The summed E-state index contributed by atoms with van der Waals surface area (Å²) in [6.07, 6.45) is 0. The van der Waals surface area contributed by atoms with Crippen LogP contribution in [0.2, 0.25) is 5.02 Å². The molecule has 0 amide bonds. The number of nitrogens with zero attached hydrogens (tertiary/aromatic N) is 2. The predicted octanol–water partition coefficient (Wildman–Crippen LogP) is 6.55. The summed E-state index contributed by atoms with van der Waals surface area (Å²) in [5.74, 6) is 1.57. The maximum absolute atomic E-state index is 6.26. The molecule has 29 heavy (non-hydrogen) atoms. The fourth-order valence-electron chi connectivity index (χ4n) is 3.81. The number of rotatable bonds is 5. The Bertz CT molecular complexity index is 1170. The van der Waals surface area contributed by atoms with Gasteiger partial charge in [0.1, 0.15) is 18.2 Å². The molecule has 4 rings (SSSR count). The summed E-state index contributed by atoms with van der Waals surface area (Å²) >= 11 is 6.26. The molecule has 1 aromatic heterocycles. The number of aryl methyl sites for hydroxylation is 2. The molecule has 0 aliphatic rings. The molecule has 4 aromatic rings. The van der Waals surface area contributed by atoms with Crippen molar-refractivity contribution in [3.63, 3.8) is 0 Å². The molecule has 0 aliphatic heterocycles. The second-order valence-electron chi connectivity index (χ2n) is 7.56. The Morgan fingerprint density at radius 1 is 0.897 bits per heavy atom. The van der Waals surface area contributed by atoms with E-state index in [1.807, 2.05) is 36.4 Å². The van der Waals surface area contributed by atoms with Gasteiger partial charge in [0.05, 0.1) is 22.6 Å². The van der Waals surface area contributed by atoms with Crippen molar-refractivity contribution < 1.29 is 4.74 Å². The van der Waals surface area contributed by atoms with Crippen molar-refractivity contribution in [2.24, 2.45) is 0 Å². The van der Waals surface area contributed by atoms with Crippen molar-refractivity contribution >= 4 is 22.6 Å². The third kappa shape index (κ3) is 3.75. The Morgan fingerprint density at radius 2 is 1.55 bits per heavy atom. The van der Waals surface area contributed by atoms with Crippen molar-refractivity contribution in [2.75, 3.05) is 0 Å². The van der Waals surface area contributed by atoms with Crippen molar-refractivity contribution in [2.45, 2.75) is 40.8 Å². The van der Waals surface area contributed by atoms with Crippen LogP contribution in [0.5, 0.6) is 5.75 Å². The molecule has 0 bridgehead atoms. The highest BCUT2D eigenvalue weighted by atomic mass is 35.5. The minimum absolute atomic E-state index is 0.362. The van der Waals surface area contributed by atoms with Gasteiger partial charge in [0.15, 0.2) is 0 Å². The molecule has 3 nitrogen and oxygen atoms in total. The Balaban J connectivity index is 1.76. The van der Waals surface area contributed by atoms with Crippen molar-refractivity contribution in [1.82, 2.24) is 9.55 Å². The van der Waals surface area contributed by atoms with E-state index in [2.05, 4.69) is 50.5 Å². The van der Waals surface area contributed by atoms with Crippen LogP contribution in [0.15, 0.2) is 54.6 Å². The Hall–Kier alpha value is -2.78. The second-order valence-corrected chi connectivity index (χ2v) is 7.97. The number of benzene rings is 3. The van der Waals surface area contributed by atoms with Gasteiger partial charge in [-0.05, 0) is 79.8 Å². The highest BCUT2D eigenvalue weighted by Crippen LogP contribution is 2.27. The lowest BCUT2D eigenvalue weighted by atomic mass is 9.94. The average Bonchev–Trinajstić information content (AvgIpc) is 3.06. The van der Waals surface area contributed by atoms with Gasteiger partial charge in [-0.3, -0.25) is 0 Å². The van der Waals surface area contributed by atoms with E-state index in [9.17, 15) is 0 Å². The highest BCUT2D eigenvalue weighted by Gasteiger charge is 2.16. The van der Waals surface area contributed by atoms with Crippen LogP contribution >= 0.6 is 11.6 Å². The van der Waals surface area contributed by atoms with Crippen molar-refractivity contribution in [3.8, 4) is 5.75 Å². The second kappa shape index (κ2) is 7.92. The molecule has 0 saturated heterocycles. The van der Waals surface area contributed by atoms with Crippen LogP contribution in [0.25, 0.3) is 11.0 Å². The number of para-hydroxylation sites is 3. The zero-order valence-electron chi connectivity index (χ0n) is 17.3. The lowest BCUT2D eigenvalue weighted by molar-refractivity contribution is 0.291. The first kappa shape index (κ1) is 19.5. The lowest BCUT2D eigenvalue weighted by Gasteiger charge is -2.18. The lowest BCUT2D eigenvalue weighted by Crippen LogP contribution is -2.11. The van der Waals surface area contributed by atoms with Gasteiger partial charge in [-0.1, -0.05) is 41.9 Å². The van der Waals surface area contributed by atoms with E-state index in [0.717, 1.165) is 23.4 Å². The van der Waals surface area contributed by atoms with E-state index in [1.54, 1.807) is 0 Å². The number of fused-ring (bicyclic) bond motifs is 1. The Morgan fingerprint density at radius 3 is 2.28 bits per heavy atom. The molecule has 0 spiro atoms. The Labute approximate surface area is 176 Å². The average molecular weight is 405 g/mol. The standard InChI is InChI=1S/C25H25ClN2O/c1-16-13-17(2)19(4)20(18(16)3)14-28-23-11-7-6-10-22(23)27-25(28)15-29-24-12-8-5-9-21(24)26/h5-13H,14-15H2,1-4H3. The first-order valence-electron chi connectivity index (χ1n) is 9.83. The molecule has 0 N–H and O–H groups in total. The number of aromatic nitrogens is 2. The van der Waals surface area contributed by atoms with Crippen LogP contribution in [0.4, 0.5) is 0 Å². The van der Waals surface area contributed by atoms with E-state index in [-0.39, 0.29) is 0 Å². The summed E-state index contributed by atoms with van der Waals surface area (Å²) in [7, 11) is 0. The van der Waals surface area contributed by atoms with Crippen LogP contribution in [-0.4, -0.2) is 9.55 Å². The molecule has 148 valence electrons. The molecule has 4 heteroatoms. The molecule has 3 aromatic carbocycles. The van der Waals surface area contributed by atoms with Gasteiger partial charge in [-0.25, -0.2) is 4.98 Å². The number of hydrogen-bond acceptors (Lipinski definition) is 2. The fraction of sp³-hybridized carbons (Fsp3) is 0.240. The SMILES string of the molecule is Cc1cc(C)c(C)c(Cn2c(COc3ccccc3Cl)nc3ccccc32)c1C. The zero-order chi connectivity index (χ0) is 20.5. The predicted molar refractivity (Wildman–Crippen MR) is 120 cm³/mol. The van der Waals surface area contributed by atoms with Crippen molar-refractivity contribution in [1.29, 1.82) is 0 Å². The summed E-state index contributed by atoms with van der Waals surface area (Å²) in [4.78, 5) is 4.85. The maximum atomic E-state index is 6.26. The molecule has 0 aliphatic carbocycles. The van der Waals surface area contributed by atoms with E-state index < -0.39 is 0 Å². The minimum atomic E-state index is 0.362. The van der Waals surface area contributed by atoms with Gasteiger partial charge >= 0.3 is 0 Å². The van der Waals surface area contributed by atoms with Crippen LogP contribution < -0.4 is 4.74 Å². The van der Waals surface area contributed by atoms with Gasteiger partial charge in [0.25, 0.3) is 0 Å². The smallest absolute Gasteiger partial charge is 0.148 e. The molecule has 0 atom stereocenters. The van der Waals surface area contributed by atoms with E-state index in [0.29, 0.717) is 17.4 Å². The van der Waals surface area contributed by atoms with E-state index in [1.165, 1.54) is 27.8 Å². The third-order valence-corrected chi connectivity index (χ3v) is 6.08. The topological polar surface area (TPSA) is 27.1 Å². The van der Waals surface area contributed by atoms with Crippen LogP contribution in [0.3, 0.4) is 0 Å². The fourth-order valence-corrected chi connectivity index (χ4v) is 4.00. The molecular formula is C25H25ClN2O. The molecular weight excluding hydrogens is 380 g/mol. The monoisotopic (exact) mass is 404 g/mol. The summed E-state index contributed by atoms with van der Waals surface area (Å²) in [5, 5.41) is 0.608. The van der Waals surface area contributed by atoms with Gasteiger partial charge < -0.3 is 9.30 Å². The summed E-state index contributed by atoms with van der Waals surface area (Å²) in [5.41, 5.74) is 8.76. The van der Waals surface area contributed by atoms with Gasteiger partial charge in [0, 0.05) is 0 Å². The number of ether oxygens (including phenoxy) is 1. The largest absolute Gasteiger partial charge is 0.484 e. The molecule has 0 saturated carbocycles. The molecule has 0 radical (unpaired) electrons. The van der Waals surface area contributed by atoms with E-state index >= 15 is 0 Å². The third-order valence-electron chi connectivity index (χ3n) is 5.76. The number of hydrogen-bond donors (Lipinski definition) is 0. The molecule has 0 unspecified atom stereocenters. The summed E-state index contributed by atoms with van der Waals surface area (Å²) in [6, 6.07) is 18.0. The first-order chi connectivity index (χ1) is 14.0. The van der Waals surface area contributed by atoms with Crippen molar-refractivity contribution in [3.05, 3.63) is 93.3 Å².